The quantitative estimate of drug-likeness (QED) is 0.208. The van der Waals surface area contributed by atoms with Crippen molar-refractivity contribution in [3.05, 3.63) is 23.8 Å². The Hall–Kier alpha value is -1.46. The fourth-order valence-corrected chi connectivity index (χ4v) is 9.81. The number of Topliss-reactive ketones (excluding diaryl/α,β-unsaturated/α-hetero) is 1. The first-order chi connectivity index (χ1) is 16.3. The van der Waals surface area contributed by atoms with Crippen LogP contribution in [0.2, 0.25) is 0 Å². The van der Waals surface area contributed by atoms with Crippen molar-refractivity contribution in [3.63, 3.8) is 0 Å². The summed E-state index contributed by atoms with van der Waals surface area (Å²) in [4.78, 5) is 30.5. The smallest absolute Gasteiger partial charge is 0.309 e. The van der Waals surface area contributed by atoms with Crippen LogP contribution in [0.4, 0.5) is 0 Å². The fourth-order valence-electron chi connectivity index (χ4n) is 9.81. The second-order valence-electron chi connectivity index (χ2n) is 13.8. The normalized spacial score (nSPS) is 46.6. The van der Waals surface area contributed by atoms with Gasteiger partial charge in [0.25, 0.3) is 0 Å². The molecule has 1 heterocycles. The van der Waals surface area contributed by atoms with E-state index in [9.17, 15) is 14.8 Å². The number of fused-ring (bicyclic) bond motifs is 7. The third-order valence-electron chi connectivity index (χ3n) is 12.0. The predicted molar refractivity (Wildman–Crippen MR) is 134 cm³/mol. The molecule has 5 aliphatic rings. The van der Waals surface area contributed by atoms with Gasteiger partial charge < -0.3 is 4.74 Å². The van der Waals surface area contributed by atoms with E-state index in [0.29, 0.717) is 36.9 Å². The molecule has 0 bridgehead atoms. The number of allylic oxidation sites excluding steroid dienone is 2. The summed E-state index contributed by atoms with van der Waals surface area (Å²) in [5.74, 6) is 1.24. The zero-order chi connectivity index (χ0) is 25.6. The topological polar surface area (TPSA) is 72.8 Å². The molecule has 0 spiro atoms. The van der Waals surface area contributed by atoms with Gasteiger partial charge in [-0.25, -0.2) is 4.89 Å². The zero-order valence-electron chi connectivity index (χ0n) is 22.5. The standard InChI is InChI=1S/C30H44O5/c1-17(2)21(35-33)10-8-18-25-22(34-26(18)32)16-30(7)20-9-11-23-27(3,4)24(31)13-14-28(23,5)19(20)12-15-29(25,30)6/h9,18-19,21-23,25,33H,1,8,10-16H2,2-7H3/t18-,19+,21+,22+,23+,25-,28-,29+,30-/m1/s1. The van der Waals surface area contributed by atoms with Crippen LogP contribution in [0.25, 0.3) is 0 Å². The first-order valence-corrected chi connectivity index (χ1v) is 13.7. The van der Waals surface area contributed by atoms with E-state index in [1.54, 1.807) is 5.57 Å². The highest BCUT2D eigenvalue weighted by Crippen LogP contribution is 2.74. The Bertz CT molecular complexity index is 979. The van der Waals surface area contributed by atoms with Gasteiger partial charge in [0, 0.05) is 17.8 Å². The molecule has 0 aromatic rings. The summed E-state index contributed by atoms with van der Waals surface area (Å²) < 4.78 is 6.07. The number of hydrogen-bond donors (Lipinski definition) is 1. The molecule has 3 saturated carbocycles. The van der Waals surface area contributed by atoms with Gasteiger partial charge in [-0.3, -0.25) is 14.8 Å². The molecule has 1 N–H and O–H groups in total. The average molecular weight is 485 g/mol. The van der Waals surface area contributed by atoms with E-state index in [4.69, 9.17) is 4.74 Å². The Morgan fingerprint density at radius 3 is 2.60 bits per heavy atom. The summed E-state index contributed by atoms with van der Waals surface area (Å²) in [6.07, 6.45) is 8.96. The van der Waals surface area contributed by atoms with Crippen molar-refractivity contribution in [2.24, 2.45) is 45.3 Å². The number of hydrogen-bond acceptors (Lipinski definition) is 5. The van der Waals surface area contributed by atoms with Crippen LogP contribution in [-0.4, -0.2) is 29.2 Å². The van der Waals surface area contributed by atoms with Crippen molar-refractivity contribution in [2.45, 2.75) is 105 Å². The highest BCUT2D eigenvalue weighted by atomic mass is 17.1. The summed E-state index contributed by atoms with van der Waals surface area (Å²) in [7, 11) is 0. The maximum absolute atomic E-state index is 13.0. The SMILES string of the molecule is C=C(C)[C@H](CC[C@H]1C(=O)O[C@H]2C[C@]3(C)C4=CC[C@H]5C(C)(C)C(=O)CC[C@]5(C)[C@H]4CC[C@@]3(C)[C@@H]21)OO. The molecule has 0 unspecified atom stereocenters. The minimum atomic E-state index is -0.450. The minimum Gasteiger partial charge on any atom is -0.462 e. The van der Waals surface area contributed by atoms with Crippen LogP contribution in [0.15, 0.2) is 23.8 Å². The predicted octanol–water partition coefficient (Wildman–Crippen LogP) is 6.53. The second-order valence-corrected chi connectivity index (χ2v) is 13.8. The number of esters is 1. The summed E-state index contributed by atoms with van der Waals surface area (Å²) in [5, 5.41) is 9.30. The fraction of sp³-hybridized carbons (Fsp3) is 0.800. The lowest BCUT2D eigenvalue weighted by Gasteiger charge is -2.63. The van der Waals surface area contributed by atoms with E-state index >= 15 is 0 Å². The van der Waals surface area contributed by atoms with Crippen LogP contribution >= 0.6 is 0 Å². The molecule has 9 atom stereocenters. The molecule has 5 heteroatoms. The van der Waals surface area contributed by atoms with Crippen LogP contribution in [0, 0.1) is 45.3 Å². The van der Waals surface area contributed by atoms with Crippen molar-refractivity contribution in [1.82, 2.24) is 0 Å². The van der Waals surface area contributed by atoms with Gasteiger partial charge in [-0.15, -0.1) is 0 Å². The van der Waals surface area contributed by atoms with Crippen LogP contribution in [-0.2, 0) is 19.2 Å². The molecule has 5 nitrogen and oxygen atoms in total. The van der Waals surface area contributed by atoms with Gasteiger partial charge in [-0.05, 0) is 85.5 Å². The van der Waals surface area contributed by atoms with Crippen LogP contribution < -0.4 is 0 Å². The van der Waals surface area contributed by atoms with E-state index in [0.717, 1.165) is 37.7 Å². The van der Waals surface area contributed by atoms with E-state index < -0.39 is 6.10 Å². The van der Waals surface area contributed by atoms with Gasteiger partial charge >= 0.3 is 5.97 Å². The molecule has 0 aromatic carbocycles. The number of carbonyl (C=O) groups excluding carboxylic acids is 2. The Labute approximate surface area is 210 Å². The third kappa shape index (κ3) is 3.26. The minimum absolute atomic E-state index is 0.00892. The second kappa shape index (κ2) is 8.02. The Morgan fingerprint density at radius 1 is 1.23 bits per heavy atom. The van der Waals surface area contributed by atoms with Crippen molar-refractivity contribution in [3.8, 4) is 0 Å². The Balaban J connectivity index is 1.47. The van der Waals surface area contributed by atoms with E-state index in [-0.39, 0.29) is 45.6 Å². The van der Waals surface area contributed by atoms with Crippen molar-refractivity contribution < 1.29 is 24.5 Å². The van der Waals surface area contributed by atoms with Gasteiger partial charge in [0.2, 0.25) is 0 Å². The third-order valence-corrected chi connectivity index (χ3v) is 12.0. The molecule has 0 aromatic heterocycles. The number of ketones is 1. The van der Waals surface area contributed by atoms with Gasteiger partial charge in [-0.1, -0.05) is 52.8 Å². The van der Waals surface area contributed by atoms with E-state index in [2.05, 4.69) is 52.2 Å². The summed E-state index contributed by atoms with van der Waals surface area (Å²) in [5.41, 5.74) is 2.20. The Morgan fingerprint density at radius 2 is 1.94 bits per heavy atom. The molecule has 35 heavy (non-hydrogen) atoms. The molecule has 5 rings (SSSR count). The maximum atomic E-state index is 13.0. The monoisotopic (exact) mass is 484 g/mol. The summed E-state index contributed by atoms with van der Waals surface area (Å²) in [6.45, 7) is 17.4. The first kappa shape index (κ1) is 25.2. The lowest BCUT2D eigenvalue weighted by atomic mass is 9.41. The molecule has 0 amide bonds. The molecule has 4 fully saturated rings. The molecule has 194 valence electrons. The molecular weight excluding hydrogens is 440 g/mol. The first-order valence-electron chi connectivity index (χ1n) is 13.7. The lowest BCUT2D eigenvalue weighted by Crippen LogP contribution is -2.57. The largest absolute Gasteiger partial charge is 0.462 e. The lowest BCUT2D eigenvalue weighted by molar-refractivity contribution is -0.270. The number of ether oxygens (including phenoxy) is 1. The zero-order valence-corrected chi connectivity index (χ0v) is 22.5. The van der Waals surface area contributed by atoms with E-state index in [1.165, 1.54) is 0 Å². The molecule has 1 saturated heterocycles. The summed E-state index contributed by atoms with van der Waals surface area (Å²) >= 11 is 0. The van der Waals surface area contributed by atoms with Crippen LogP contribution in [0.3, 0.4) is 0 Å². The van der Waals surface area contributed by atoms with Gasteiger partial charge in [-0.2, -0.15) is 0 Å². The molecule has 0 radical (unpaired) electrons. The van der Waals surface area contributed by atoms with Gasteiger partial charge in [0.1, 0.15) is 18.0 Å². The highest BCUT2D eigenvalue weighted by molar-refractivity contribution is 5.85. The highest BCUT2D eigenvalue weighted by Gasteiger charge is 2.71. The molecule has 4 aliphatic carbocycles. The number of rotatable bonds is 5. The van der Waals surface area contributed by atoms with Crippen molar-refractivity contribution >= 4 is 11.8 Å². The van der Waals surface area contributed by atoms with E-state index in [1.807, 2.05) is 6.92 Å². The maximum Gasteiger partial charge on any atom is 0.309 e. The van der Waals surface area contributed by atoms with Gasteiger partial charge in [0.15, 0.2) is 0 Å². The molecule has 1 aliphatic heterocycles. The van der Waals surface area contributed by atoms with Crippen molar-refractivity contribution in [2.75, 3.05) is 0 Å². The average Bonchev–Trinajstić information content (AvgIpc) is 3.20. The molecular formula is C30H44O5. The summed E-state index contributed by atoms with van der Waals surface area (Å²) in [6, 6.07) is 0. The van der Waals surface area contributed by atoms with Gasteiger partial charge in [0.05, 0.1) is 5.92 Å². The Kier molecular flexibility index (Phi) is 5.77. The van der Waals surface area contributed by atoms with Crippen LogP contribution in [0.5, 0.6) is 0 Å². The van der Waals surface area contributed by atoms with Crippen LogP contribution in [0.1, 0.15) is 92.9 Å². The number of carbonyl (C=O) groups is 2. The van der Waals surface area contributed by atoms with Crippen molar-refractivity contribution in [1.29, 1.82) is 0 Å².